The summed E-state index contributed by atoms with van der Waals surface area (Å²) >= 11 is 0. The zero-order valence-corrected chi connectivity index (χ0v) is 14.5. The molecule has 0 radical (unpaired) electrons. The summed E-state index contributed by atoms with van der Waals surface area (Å²) in [5.41, 5.74) is 4.49. The first kappa shape index (κ1) is 16.5. The van der Waals surface area contributed by atoms with Crippen molar-refractivity contribution in [3.05, 3.63) is 76.9 Å². The lowest BCUT2D eigenvalue weighted by Gasteiger charge is -2.26. The third kappa shape index (κ3) is 3.94. The smallest absolute Gasteiger partial charge is 0.251 e. The summed E-state index contributed by atoms with van der Waals surface area (Å²) in [6.45, 7) is 4.31. The lowest BCUT2D eigenvalue weighted by atomic mass is 9.87. The number of hydrogen-bond acceptors (Lipinski definition) is 1. The number of benzene rings is 2. The van der Waals surface area contributed by atoms with E-state index in [2.05, 4.69) is 55.6 Å². The molecule has 1 amide bonds. The van der Waals surface area contributed by atoms with Crippen LogP contribution in [0.4, 0.5) is 0 Å². The van der Waals surface area contributed by atoms with Crippen molar-refractivity contribution in [2.45, 2.75) is 39.2 Å². The Morgan fingerprint density at radius 2 is 1.88 bits per heavy atom. The molecule has 124 valence electrons. The SMILES string of the molecule is CC(C)/C=C/c1ccc(C(=O)NC2CCCc3ccccc32)cc1. The number of fused-ring (bicyclic) bond motifs is 1. The van der Waals surface area contributed by atoms with Gasteiger partial charge in [0, 0.05) is 5.56 Å². The standard InChI is InChI=1S/C22H25NO/c1-16(2)10-11-17-12-14-19(15-13-17)22(24)23-21-9-5-7-18-6-3-4-8-20(18)21/h3-4,6,8,10-16,21H,5,7,9H2,1-2H3,(H,23,24)/b11-10+. The van der Waals surface area contributed by atoms with Crippen LogP contribution in [0.5, 0.6) is 0 Å². The van der Waals surface area contributed by atoms with Crippen LogP contribution in [-0.2, 0) is 6.42 Å². The third-order valence-electron chi connectivity index (χ3n) is 4.52. The molecule has 0 aromatic heterocycles. The van der Waals surface area contributed by atoms with Gasteiger partial charge in [-0.2, -0.15) is 0 Å². The monoisotopic (exact) mass is 319 g/mol. The van der Waals surface area contributed by atoms with Gasteiger partial charge in [0.05, 0.1) is 6.04 Å². The Morgan fingerprint density at radius 1 is 1.12 bits per heavy atom. The Kier molecular flexibility index (Phi) is 5.14. The fourth-order valence-corrected chi connectivity index (χ4v) is 3.19. The first-order chi connectivity index (χ1) is 11.6. The molecule has 2 nitrogen and oxygen atoms in total. The molecule has 2 aromatic rings. The van der Waals surface area contributed by atoms with Crippen LogP contribution in [0, 0.1) is 5.92 Å². The van der Waals surface area contributed by atoms with Gasteiger partial charge in [0.25, 0.3) is 5.91 Å². The Bertz CT molecular complexity index is 728. The van der Waals surface area contributed by atoms with Crippen LogP contribution in [0.25, 0.3) is 6.08 Å². The van der Waals surface area contributed by atoms with E-state index in [-0.39, 0.29) is 11.9 Å². The molecule has 1 aliphatic rings. The first-order valence-electron chi connectivity index (χ1n) is 8.80. The Balaban J connectivity index is 1.70. The van der Waals surface area contributed by atoms with Crippen molar-refractivity contribution in [2.75, 3.05) is 0 Å². The van der Waals surface area contributed by atoms with Crippen LogP contribution in [0.15, 0.2) is 54.6 Å². The molecule has 1 aliphatic carbocycles. The molecule has 0 bridgehead atoms. The van der Waals surface area contributed by atoms with Crippen LogP contribution in [0.3, 0.4) is 0 Å². The van der Waals surface area contributed by atoms with E-state index in [1.54, 1.807) is 0 Å². The van der Waals surface area contributed by atoms with E-state index >= 15 is 0 Å². The summed E-state index contributed by atoms with van der Waals surface area (Å²) in [7, 11) is 0. The minimum Gasteiger partial charge on any atom is -0.345 e. The highest BCUT2D eigenvalue weighted by Crippen LogP contribution is 2.29. The number of rotatable bonds is 4. The Labute approximate surface area is 144 Å². The molecule has 24 heavy (non-hydrogen) atoms. The summed E-state index contributed by atoms with van der Waals surface area (Å²) in [5, 5.41) is 3.20. The van der Waals surface area contributed by atoms with Gasteiger partial charge in [-0.05, 0) is 54.0 Å². The van der Waals surface area contributed by atoms with E-state index in [4.69, 9.17) is 0 Å². The average Bonchev–Trinajstić information content (AvgIpc) is 2.60. The maximum absolute atomic E-state index is 12.6. The van der Waals surface area contributed by atoms with Crippen molar-refractivity contribution in [3.63, 3.8) is 0 Å². The van der Waals surface area contributed by atoms with E-state index in [1.807, 2.05) is 24.3 Å². The lowest BCUT2D eigenvalue weighted by molar-refractivity contribution is 0.0933. The van der Waals surface area contributed by atoms with Gasteiger partial charge in [0.15, 0.2) is 0 Å². The fourth-order valence-electron chi connectivity index (χ4n) is 3.19. The molecule has 0 fully saturated rings. The molecule has 0 heterocycles. The third-order valence-corrected chi connectivity index (χ3v) is 4.52. The van der Waals surface area contributed by atoms with Gasteiger partial charge in [-0.15, -0.1) is 0 Å². The Hall–Kier alpha value is -2.35. The molecule has 0 saturated heterocycles. The van der Waals surface area contributed by atoms with Crippen LogP contribution < -0.4 is 5.32 Å². The summed E-state index contributed by atoms with van der Waals surface area (Å²) in [6, 6.07) is 16.4. The number of allylic oxidation sites excluding steroid dienone is 1. The number of hydrogen-bond donors (Lipinski definition) is 1. The highest BCUT2D eigenvalue weighted by Gasteiger charge is 2.21. The highest BCUT2D eigenvalue weighted by atomic mass is 16.1. The van der Waals surface area contributed by atoms with E-state index in [9.17, 15) is 4.79 Å². The van der Waals surface area contributed by atoms with Gasteiger partial charge in [0.2, 0.25) is 0 Å². The summed E-state index contributed by atoms with van der Waals surface area (Å²) in [6.07, 6.45) is 7.51. The van der Waals surface area contributed by atoms with E-state index in [1.165, 1.54) is 11.1 Å². The molecular weight excluding hydrogens is 294 g/mol. The second-order valence-electron chi connectivity index (χ2n) is 6.84. The van der Waals surface area contributed by atoms with Gasteiger partial charge in [0.1, 0.15) is 0 Å². The molecule has 0 saturated carbocycles. The predicted molar refractivity (Wildman–Crippen MR) is 99.9 cm³/mol. The molecule has 0 spiro atoms. The number of carbonyl (C=O) groups is 1. The maximum Gasteiger partial charge on any atom is 0.251 e. The van der Waals surface area contributed by atoms with Crippen LogP contribution in [0.1, 0.15) is 59.8 Å². The van der Waals surface area contributed by atoms with Crippen molar-refractivity contribution in [1.29, 1.82) is 0 Å². The summed E-state index contributed by atoms with van der Waals surface area (Å²) in [4.78, 5) is 12.6. The molecular formula is C22H25NO. The molecule has 2 aromatic carbocycles. The zero-order chi connectivity index (χ0) is 16.9. The van der Waals surface area contributed by atoms with Gasteiger partial charge < -0.3 is 5.32 Å². The number of aryl methyl sites for hydroxylation is 1. The van der Waals surface area contributed by atoms with Gasteiger partial charge in [-0.25, -0.2) is 0 Å². The molecule has 2 heteroatoms. The van der Waals surface area contributed by atoms with E-state index in [0.29, 0.717) is 5.92 Å². The molecule has 3 rings (SSSR count). The van der Waals surface area contributed by atoms with Crippen molar-refractivity contribution in [2.24, 2.45) is 5.92 Å². The molecule has 1 atom stereocenters. The summed E-state index contributed by atoms with van der Waals surface area (Å²) in [5.74, 6) is 0.537. The molecule has 1 N–H and O–H groups in total. The average molecular weight is 319 g/mol. The molecule has 1 unspecified atom stereocenters. The van der Waals surface area contributed by atoms with Crippen molar-refractivity contribution in [3.8, 4) is 0 Å². The largest absolute Gasteiger partial charge is 0.345 e. The Morgan fingerprint density at radius 3 is 2.62 bits per heavy atom. The van der Waals surface area contributed by atoms with Gasteiger partial charge >= 0.3 is 0 Å². The predicted octanol–water partition coefficient (Wildman–Crippen LogP) is 5.16. The van der Waals surface area contributed by atoms with Crippen LogP contribution in [0.2, 0.25) is 0 Å². The topological polar surface area (TPSA) is 29.1 Å². The number of carbonyl (C=O) groups excluding carboxylic acids is 1. The second-order valence-corrected chi connectivity index (χ2v) is 6.84. The van der Waals surface area contributed by atoms with E-state index < -0.39 is 0 Å². The lowest BCUT2D eigenvalue weighted by Crippen LogP contribution is -2.30. The fraction of sp³-hybridized carbons (Fsp3) is 0.318. The minimum absolute atomic E-state index is 0.0103. The highest BCUT2D eigenvalue weighted by molar-refractivity contribution is 5.94. The van der Waals surface area contributed by atoms with Crippen molar-refractivity contribution >= 4 is 12.0 Å². The van der Waals surface area contributed by atoms with Gasteiger partial charge in [-0.1, -0.05) is 62.4 Å². The van der Waals surface area contributed by atoms with Crippen LogP contribution >= 0.6 is 0 Å². The van der Waals surface area contributed by atoms with Gasteiger partial charge in [-0.3, -0.25) is 4.79 Å². The number of amides is 1. The summed E-state index contributed by atoms with van der Waals surface area (Å²) < 4.78 is 0. The first-order valence-corrected chi connectivity index (χ1v) is 8.80. The molecule has 0 aliphatic heterocycles. The quantitative estimate of drug-likeness (QED) is 0.828. The maximum atomic E-state index is 12.6. The minimum atomic E-state index is 0.0103. The second kappa shape index (κ2) is 7.48. The van der Waals surface area contributed by atoms with E-state index in [0.717, 1.165) is 30.4 Å². The zero-order valence-electron chi connectivity index (χ0n) is 14.5. The normalized spacial score (nSPS) is 17.0. The number of nitrogens with one attached hydrogen (secondary N) is 1. The van der Waals surface area contributed by atoms with Crippen molar-refractivity contribution in [1.82, 2.24) is 5.32 Å². The van der Waals surface area contributed by atoms with Crippen molar-refractivity contribution < 1.29 is 4.79 Å². The van der Waals surface area contributed by atoms with Crippen LogP contribution in [-0.4, -0.2) is 5.91 Å².